The van der Waals surface area contributed by atoms with Crippen molar-refractivity contribution in [1.29, 1.82) is 0 Å². The smallest absolute Gasteiger partial charge is 0.319 e. The van der Waals surface area contributed by atoms with Crippen molar-refractivity contribution in [3.05, 3.63) is 64.5 Å². The Morgan fingerprint density at radius 1 is 1.08 bits per heavy atom. The fourth-order valence-electron chi connectivity index (χ4n) is 2.10. The van der Waals surface area contributed by atoms with Crippen molar-refractivity contribution < 1.29 is 9.32 Å². The Balaban J connectivity index is 1.49. The summed E-state index contributed by atoms with van der Waals surface area (Å²) in [6, 6.07) is 13.7. The first-order valence-electron chi connectivity index (χ1n) is 7.49. The van der Waals surface area contributed by atoms with Gasteiger partial charge in [-0.3, -0.25) is 0 Å². The van der Waals surface area contributed by atoms with Gasteiger partial charge < -0.3 is 15.2 Å². The predicted octanol–water partition coefficient (Wildman–Crippen LogP) is 4.41. The lowest BCUT2D eigenvalue weighted by atomic mass is 10.2. The molecule has 3 aromatic rings. The molecule has 0 aliphatic heterocycles. The summed E-state index contributed by atoms with van der Waals surface area (Å²) in [6.45, 7) is 0.356. The van der Waals surface area contributed by atoms with Crippen molar-refractivity contribution in [2.45, 2.75) is 6.42 Å². The van der Waals surface area contributed by atoms with Crippen LogP contribution in [0.3, 0.4) is 0 Å². The van der Waals surface area contributed by atoms with E-state index in [-0.39, 0.29) is 6.03 Å². The minimum atomic E-state index is -0.334. The fraction of sp³-hybridized carbons (Fsp3) is 0.118. The highest BCUT2D eigenvalue weighted by molar-refractivity contribution is 6.31. The number of carbonyl (C=O) groups is 1. The monoisotopic (exact) mass is 376 g/mol. The van der Waals surface area contributed by atoms with Gasteiger partial charge in [0.2, 0.25) is 11.7 Å². The molecule has 2 aromatic carbocycles. The summed E-state index contributed by atoms with van der Waals surface area (Å²) in [7, 11) is 0. The number of nitrogens with zero attached hydrogens (tertiary/aromatic N) is 2. The second kappa shape index (κ2) is 8.00. The number of halogens is 2. The zero-order valence-electron chi connectivity index (χ0n) is 13.0. The number of rotatable bonds is 5. The maximum Gasteiger partial charge on any atom is 0.319 e. The highest BCUT2D eigenvalue weighted by Crippen LogP contribution is 2.18. The lowest BCUT2D eigenvalue weighted by Crippen LogP contribution is -2.30. The predicted molar refractivity (Wildman–Crippen MR) is 96.9 cm³/mol. The molecule has 1 aromatic heterocycles. The minimum absolute atomic E-state index is 0.334. The van der Waals surface area contributed by atoms with E-state index < -0.39 is 0 Å². The summed E-state index contributed by atoms with van der Waals surface area (Å²) in [5, 5.41) is 10.5. The van der Waals surface area contributed by atoms with E-state index in [2.05, 4.69) is 20.8 Å². The third-order valence-corrected chi connectivity index (χ3v) is 3.76. The molecular weight excluding hydrogens is 363 g/mol. The highest BCUT2D eigenvalue weighted by atomic mass is 35.5. The van der Waals surface area contributed by atoms with Crippen LogP contribution in [0.1, 0.15) is 5.89 Å². The van der Waals surface area contributed by atoms with Crippen molar-refractivity contribution in [1.82, 2.24) is 15.5 Å². The molecule has 0 atom stereocenters. The first-order chi connectivity index (χ1) is 12.1. The van der Waals surface area contributed by atoms with Gasteiger partial charge in [0.1, 0.15) is 0 Å². The normalized spacial score (nSPS) is 10.5. The van der Waals surface area contributed by atoms with E-state index >= 15 is 0 Å². The summed E-state index contributed by atoms with van der Waals surface area (Å²) in [6.07, 6.45) is 0.420. The number of nitrogens with one attached hydrogen (secondary N) is 2. The maximum absolute atomic E-state index is 11.8. The lowest BCUT2D eigenvalue weighted by Gasteiger charge is -2.06. The van der Waals surface area contributed by atoms with Crippen LogP contribution in [0.5, 0.6) is 0 Å². The van der Waals surface area contributed by atoms with Crippen molar-refractivity contribution in [3.8, 4) is 11.4 Å². The van der Waals surface area contributed by atoms with Gasteiger partial charge in [0, 0.05) is 34.3 Å². The summed E-state index contributed by atoms with van der Waals surface area (Å²) in [5.74, 6) is 0.919. The van der Waals surface area contributed by atoms with E-state index in [1.54, 1.807) is 36.4 Å². The molecular formula is C17H14Cl2N4O2. The van der Waals surface area contributed by atoms with Gasteiger partial charge in [-0.1, -0.05) is 34.4 Å². The number of urea groups is 1. The van der Waals surface area contributed by atoms with E-state index in [9.17, 15) is 4.79 Å². The van der Waals surface area contributed by atoms with Gasteiger partial charge in [0.05, 0.1) is 0 Å². The molecule has 3 rings (SSSR count). The summed E-state index contributed by atoms with van der Waals surface area (Å²) < 4.78 is 5.18. The Labute approximate surface area is 154 Å². The van der Waals surface area contributed by atoms with Gasteiger partial charge in [0.15, 0.2) is 0 Å². The molecule has 8 heteroatoms. The van der Waals surface area contributed by atoms with Gasteiger partial charge in [-0.25, -0.2) is 4.79 Å². The Kier molecular flexibility index (Phi) is 5.53. The average Bonchev–Trinajstić information content (AvgIpc) is 3.04. The number of aromatic nitrogens is 2. The maximum atomic E-state index is 11.8. The van der Waals surface area contributed by atoms with E-state index in [0.29, 0.717) is 40.4 Å². The van der Waals surface area contributed by atoms with Crippen LogP contribution in [0.2, 0.25) is 10.0 Å². The molecule has 0 bridgehead atoms. The lowest BCUT2D eigenvalue weighted by molar-refractivity contribution is 0.252. The van der Waals surface area contributed by atoms with Crippen LogP contribution in [0.15, 0.2) is 53.1 Å². The van der Waals surface area contributed by atoms with Gasteiger partial charge in [0.25, 0.3) is 0 Å². The minimum Gasteiger partial charge on any atom is -0.339 e. The van der Waals surface area contributed by atoms with E-state index in [1.807, 2.05) is 12.1 Å². The van der Waals surface area contributed by atoms with Crippen molar-refractivity contribution in [2.24, 2.45) is 0 Å². The third-order valence-electron chi connectivity index (χ3n) is 3.28. The van der Waals surface area contributed by atoms with Crippen molar-refractivity contribution >= 4 is 34.9 Å². The van der Waals surface area contributed by atoms with E-state index in [0.717, 1.165) is 5.56 Å². The molecule has 0 saturated carbocycles. The van der Waals surface area contributed by atoms with E-state index in [1.165, 1.54) is 0 Å². The Hall–Kier alpha value is -2.57. The number of amides is 2. The van der Waals surface area contributed by atoms with E-state index in [4.69, 9.17) is 27.7 Å². The topological polar surface area (TPSA) is 80.1 Å². The Morgan fingerprint density at radius 3 is 2.64 bits per heavy atom. The second-order valence-corrected chi connectivity index (χ2v) is 6.03. The molecule has 0 aliphatic carbocycles. The molecule has 0 unspecified atom stereocenters. The standard InChI is InChI=1S/C17H14Cl2N4O2/c18-12-6-4-11(5-7-12)16-22-15(25-23-16)8-9-20-17(24)21-14-3-1-2-13(19)10-14/h1-7,10H,8-9H2,(H2,20,21,24). The third kappa shape index (κ3) is 4.95. The van der Waals surface area contributed by atoms with Gasteiger partial charge in [-0.05, 0) is 42.5 Å². The average molecular weight is 377 g/mol. The number of anilines is 1. The van der Waals surface area contributed by atoms with Crippen LogP contribution in [0.25, 0.3) is 11.4 Å². The highest BCUT2D eigenvalue weighted by Gasteiger charge is 2.09. The molecule has 2 amide bonds. The molecule has 0 fully saturated rings. The zero-order chi connectivity index (χ0) is 17.6. The second-order valence-electron chi connectivity index (χ2n) is 5.16. The molecule has 2 N–H and O–H groups in total. The molecule has 25 heavy (non-hydrogen) atoms. The summed E-state index contributed by atoms with van der Waals surface area (Å²) in [4.78, 5) is 16.1. The van der Waals surface area contributed by atoms with Crippen LogP contribution < -0.4 is 10.6 Å². The SMILES string of the molecule is O=C(NCCc1nc(-c2ccc(Cl)cc2)no1)Nc1cccc(Cl)c1. The quantitative estimate of drug-likeness (QED) is 0.690. The van der Waals surface area contributed by atoms with Crippen molar-refractivity contribution in [3.63, 3.8) is 0 Å². The van der Waals surface area contributed by atoms with Crippen LogP contribution in [-0.4, -0.2) is 22.7 Å². The number of carbonyl (C=O) groups excluding carboxylic acids is 1. The first kappa shape index (κ1) is 17.3. The fourth-order valence-corrected chi connectivity index (χ4v) is 2.41. The van der Waals surface area contributed by atoms with Crippen molar-refractivity contribution in [2.75, 3.05) is 11.9 Å². The molecule has 0 radical (unpaired) electrons. The number of benzene rings is 2. The number of hydrogen-bond donors (Lipinski definition) is 2. The molecule has 0 saturated heterocycles. The molecule has 0 spiro atoms. The Morgan fingerprint density at radius 2 is 1.88 bits per heavy atom. The van der Waals surface area contributed by atoms with Gasteiger partial charge >= 0.3 is 6.03 Å². The molecule has 6 nitrogen and oxygen atoms in total. The van der Waals surface area contributed by atoms with Gasteiger partial charge in [-0.15, -0.1) is 0 Å². The van der Waals surface area contributed by atoms with Crippen LogP contribution in [0, 0.1) is 0 Å². The van der Waals surface area contributed by atoms with Crippen LogP contribution in [0.4, 0.5) is 10.5 Å². The zero-order valence-corrected chi connectivity index (χ0v) is 14.5. The van der Waals surface area contributed by atoms with Crippen LogP contribution >= 0.6 is 23.2 Å². The summed E-state index contributed by atoms with van der Waals surface area (Å²) in [5.41, 5.74) is 1.43. The molecule has 128 valence electrons. The molecule has 0 aliphatic rings. The molecule has 1 heterocycles. The first-order valence-corrected chi connectivity index (χ1v) is 8.25. The largest absolute Gasteiger partial charge is 0.339 e. The van der Waals surface area contributed by atoms with Crippen LogP contribution in [-0.2, 0) is 6.42 Å². The van der Waals surface area contributed by atoms with Gasteiger partial charge in [-0.2, -0.15) is 4.98 Å². The summed E-state index contributed by atoms with van der Waals surface area (Å²) >= 11 is 11.7. The Bertz CT molecular complexity index is 865. The number of hydrogen-bond acceptors (Lipinski definition) is 4.